The lowest BCUT2D eigenvalue weighted by atomic mass is 9.88. The lowest BCUT2D eigenvalue weighted by Crippen LogP contribution is -2.48. The Morgan fingerprint density at radius 1 is 1.11 bits per heavy atom. The van der Waals surface area contributed by atoms with E-state index in [4.69, 9.17) is 0 Å². The number of carboxylic acid groups (broad SMARTS) is 1. The first-order chi connectivity index (χ1) is 17.7. The highest BCUT2D eigenvalue weighted by Crippen LogP contribution is 2.29. The minimum atomic E-state index is -1.39. The summed E-state index contributed by atoms with van der Waals surface area (Å²) < 4.78 is 0. The van der Waals surface area contributed by atoms with E-state index in [9.17, 15) is 24.6 Å². The predicted molar refractivity (Wildman–Crippen MR) is 132 cm³/mol. The molecule has 3 aromatic rings. The summed E-state index contributed by atoms with van der Waals surface area (Å²) in [6.45, 7) is 2.93. The van der Waals surface area contributed by atoms with Crippen molar-refractivity contribution in [2.24, 2.45) is 0 Å². The van der Waals surface area contributed by atoms with Crippen LogP contribution >= 0.6 is 0 Å². The minimum absolute atomic E-state index is 0.00795. The van der Waals surface area contributed by atoms with Gasteiger partial charge in [-0.25, -0.2) is 19.7 Å². The number of phenols is 1. The number of fused-ring (bicyclic) bond motifs is 1. The monoisotopic (exact) mass is 505 g/mol. The molecule has 12 heteroatoms. The van der Waals surface area contributed by atoms with E-state index < -0.39 is 23.8 Å². The summed E-state index contributed by atoms with van der Waals surface area (Å²) >= 11 is 0. The van der Waals surface area contributed by atoms with Crippen LogP contribution in [0.5, 0.6) is 5.75 Å². The van der Waals surface area contributed by atoms with E-state index in [1.54, 1.807) is 19.9 Å². The molecule has 0 radical (unpaired) electrons. The van der Waals surface area contributed by atoms with Gasteiger partial charge in [0.05, 0.1) is 23.1 Å². The molecule has 0 saturated heterocycles. The third-order valence-electron chi connectivity index (χ3n) is 6.16. The first-order valence-corrected chi connectivity index (χ1v) is 11.7. The Hall–Kier alpha value is -4.61. The molecule has 2 atom stereocenters. The van der Waals surface area contributed by atoms with Gasteiger partial charge in [-0.05, 0) is 50.3 Å². The quantitative estimate of drug-likeness (QED) is 0.298. The maximum absolute atomic E-state index is 13.0. The number of anilines is 1. The van der Waals surface area contributed by atoms with Crippen molar-refractivity contribution in [3.63, 3.8) is 0 Å². The number of hydrogen-bond acceptors (Lipinski definition) is 9. The van der Waals surface area contributed by atoms with Crippen molar-refractivity contribution in [1.29, 1.82) is 0 Å². The first-order valence-electron chi connectivity index (χ1n) is 11.7. The van der Waals surface area contributed by atoms with Gasteiger partial charge in [0.2, 0.25) is 5.95 Å². The molecule has 5 N–H and O–H groups in total. The Morgan fingerprint density at radius 3 is 2.54 bits per heavy atom. The second kappa shape index (κ2) is 11.0. The summed E-state index contributed by atoms with van der Waals surface area (Å²) in [5, 5.41) is 27.9. The van der Waals surface area contributed by atoms with Gasteiger partial charge in [-0.1, -0.05) is 12.1 Å². The SMILES string of the molecule is Cc1nc(NC2CCc3cccc(O)c3C2)nc(C)c1C(=O)NC(CNC(=O)c1cnccn1)C(=O)O. The molecule has 4 rings (SSSR count). The van der Waals surface area contributed by atoms with Crippen molar-refractivity contribution >= 4 is 23.7 Å². The van der Waals surface area contributed by atoms with Crippen LogP contribution in [0.4, 0.5) is 5.95 Å². The number of nitrogens with one attached hydrogen (secondary N) is 3. The zero-order valence-corrected chi connectivity index (χ0v) is 20.4. The fourth-order valence-electron chi connectivity index (χ4n) is 4.32. The van der Waals surface area contributed by atoms with Crippen molar-refractivity contribution in [3.8, 4) is 5.75 Å². The maximum Gasteiger partial charge on any atom is 0.328 e. The van der Waals surface area contributed by atoms with Crippen molar-refractivity contribution in [2.75, 3.05) is 11.9 Å². The lowest BCUT2D eigenvalue weighted by molar-refractivity contribution is -0.139. The van der Waals surface area contributed by atoms with Gasteiger partial charge in [-0.2, -0.15) is 0 Å². The van der Waals surface area contributed by atoms with Gasteiger partial charge < -0.3 is 26.2 Å². The molecule has 1 aromatic carbocycles. The van der Waals surface area contributed by atoms with Crippen LogP contribution in [-0.2, 0) is 17.6 Å². The molecule has 0 spiro atoms. The fraction of sp³-hybridized carbons (Fsp3) is 0.320. The first kappa shape index (κ1) is 25.5. The van der Waals surface area contributed by atoms with Crippen molar-refractivity contribution in [2.45, 2.75) is 45.2 Å². The lowest BCUT2D eigenvalue weighted by Gasteiger charge is -2.26. The number of nitrogens with zero attached hydrogens (tertiary/aromatic N) is 4. The van der Waals surface area contributed by atoms with Crippen molar-refractivity contribution < 1.29 is 24.6 Å². The van der Waals surface area contributed by atoms with E-state index in [1.165, 1.54) is 18.6 Å². The molecule has 12 nitrogen and oxygen atoms in total. The summed E-state index contributed by atoms with van der Waals surface area (Å²) in [5.41, 5.74) is 2.96. The molecule has 2 heterocycles. The number of benzene rings is 1. The van der Waals surface area contributed by atoms with Crippen molar-refractivity contribution in [3.05, 3.63) is 70.6 Å². The number of carboxylic acids is 1. The molecular weight excluding hydrogens is 478 g/mol. The van der Waals surface area contributed by atoms with E-state index in [0.29, 0.717) is 23.8 Å². The number of phenolic OH excluding ortho intramolecular Hbond substituents is 1. The number of aromatic nitrogens is 4. The van der Waals surface area contributed by atoms with Crippen molar-refractivity contribution in [1.82, 2.24) is 30.6 Å². The summed E-state index contributed by atoms with van der Waals surface area (Å²) in [7, 11) is 0. The van der Waals surface area contributed by atoms with Crippen LogP contribution in [0.3, 0.4) is 0 Å². The standard InChI is InChI=1S/C25H27N7O5/c1-13-21(23(35)32-19(24(36)37)12-28-22(34)18-11-26-8-9-27-18)14(2)30-25(29-13)31-16-7-6-15-4-3-5-20(33)17(15)10-16/h3-5,8-9,11,16,19,33H,6-7,10,12H2,1-2H3,(H,28,34)(H,32,35)(H,36,37)(H,29,30,31). The number of carbonyl (C=O) groups excluding carboxylic acids is 2. The fourth-order valence-corrected chi connectivity index (χ4v) is 4.32. The molecule has 0 fully saturated rings. The Labute approximate surface area is 212 Å². The molecule has 0 aliphatic heterocycles. The smallest absolute Gasteiger partial charge is 0.328 e. The van der Waals surface area contributed by atoms with Crippen LogP contribution in [0.2, 0.25) is 0 Å². The summed E-state index contributed by atoms with van der Waals surface area (Å²) in [4.78, 5) is 53.3. The van der Waals surface area contributed by atoms with E-state index in [-0.39, 0.29) is 29.6 Å². The molecule has 1 aliphatic carbocycles. The molecular formula is C25H27N7O5. The van der Waals surface area contributed by atoms with Gasteiger partial charge in [0.1, 0.15) is 17.5 Å². The number of amides is 2. The molecule has 2 amide bonds. The molecule has 0 bridgehead atoms. The Balaban J connectivity index is 1.41. The zero-order chi connectivity index (χ0) is 26.5. The predicted octanol–water partition coefficient (Wildman–Crippen LogP) is 1.17. The highest BCUT2D eigenvalue weighted by Gasteiger charge is 2.26. The van der Waals surface area contributed by atoms with Crippen LogP contribution in [0.15, 0.2) is 36.8 Å². The van der Waals surface area contributed by atoms with Gasteiger partial charge in [0.15, 0.2) is 0 Å². The van der Waals surface area contributed by atoms with Gasteiger partial charge in [-0.15, -0.1) is 0 Å². The summed E-state index contributed by atoms with van der Waals surface area (Å²) in [5.74, 6) is -1.98. The third-order valence-corrected chi connectivity index (χ3v) is 6.16. The largest absolute Gasteiger partial charge is 0.508 e. The topological polar surface area (TPSA) is 179 Å². The molecule has 37 heavy (non-hydrogen) atoms. The van der Waals surface area contributed by atoms with Crippen LogP contribution in [0, 0.1) is 13.8 Å². The van der Waals surface area contributed by atoms with Crippen LogP contribution in [-0.4, -0.2) is 66.6 Å². The normalized spacial score (nSPS) is 15.2. The van der Waals surface area contributed by atoms with E-state index >= 15 is 0 Å². The molecule has 192 valence electrons. The highest BCUT2D eigenvalue weighted by molar-refractivity contribution is 5.99. The second-order valence-corrected chi connectivity index (χ2v) is 8.76. The molecule has 2 aromatic heterocycles. The van der Waals surface area contributed by atoms with Crippen LogP contribution < -0.4 is 16.0 Å². The van der Waals surface area contributed by atoms with E-state index in [2.05, 4.69) is 35.9 Å². The number of aryl methyl sites for hydroxylation is 3. The Bertz CT molecular complexity index is 1310. The van der Waals surface area contributed by atoms with Crippen LogP contribution in [0.25, 0.3) is 0 Å². The highest BCUT2D eigenvalue weighted by atomic mass is 16.4. The number of rotatable bonds is 8. The maximum atomic E-state index is 13.0. The average Bonchev–Trinajstić information content (AvgIpc) is 2.86. The number of carbonyl (C=O) groups is 3. The summed E-state index contributed by atoms with van der Waals surface area (Å²) in [6, 6.07) is 4.14. The molecule has 1 aliphatic rings. The zero-order valence-electron chi connectivity index (χ0n) is 20.4. The minimum Gasteiger partial charge on any atom is -0.508 e. The number of hydrogen-bond donors (Lipinski definition) is 5. The Kier molecular flexibility index (Phi) is 7.56. The summed E-state index contributed by atoms with van der Waals surface area (Å²) in [6.07, 6.45) is 6.26. The third kappa shape index (κ3) is 5.97. The van der Waals surface area contributed by atoms with Gasteiger partial charge in [0.25, 0.3) is 11.8 Å². The van der Waals surface area contributed by atoms with Gasteiger partial charge in [-0.3, -0.25) is 14.6 Å². The molecule has 0 saturated carbocycles. The van der Waals surface area contributed by atoms with Crippen LogP contribution in [0.1, 0.15) is 49.8 Å². The molecule has 2 unspecified atom stereocenters. The average molecular weight is 506 g/mol. The van der Waals surface area contributed by atoms with E-state index in [1.807, 2.05) is 12.1 Å². The Morgan fingerprint density at radius 2 is 1.86 bits per heavy atom. The second-order valence-electron chi connectivity index (χ2n) is 8.76. The van der Waals surface area contributed by atoms with E-state index in [0.717, 1.165) is 24.0 Å². The number of aliphatic carboxylic acids is 1. The van der Waals surface area contributed by atoms with Gasteiger partial charge >= 0.3 is 5.97 Å². The van der Waals surface area contributed by atoms with Gasteiger partial charge in [0, 0.05) is 25.0 Å². The number of aromatic hydroxyl groups is 1.